The Bertz CT molecular complexity index is 592. The summed E-state index contributed by atoms with van der Waals surface area (Å²) < 4.78 is 4.90. The third-order valence-corrected chi connectivity index (χ3v) is 3.48. The summed E-state index contributed by atoms with van der Waals surface area (Å²) in [5.74, 6) is -1.72. The van der Waals surface area contributed by atoms with Gasteiger partial charge in [0.1, 0.15) is 0 Å². The van der Waals surface area contributed by atoms with E-state index in [-0.39, 0.29) is 20.6 Å². The van der Waals surface area contributed by atoms with Crippen LogP contribution in [0.3, 0.4) is 0 Å². The average Bonchev–Trinajstić information content (AvgIpc) is 2.43. The van der Waals surface area contributed by atoms with Gasteiger partial charge in [0.15, 0.2) is 6.10 Å². The zero-order chi connectivity index (χ0) is 16.2. The van der Waals surface area contributed by atoms with Crippen molar-refractivity contribution in [2.24, 2.45) is 0 Å². The predicted octanol–water partition coefficient (Wildman–Crippen LogP) is 2.65. The van der Waals surface area contributed by atoms with Crippen LogP contribution in [0.2, 0.25) is 15.1 Å². The van der Waals surface area contributed by atoms with E-state index >= 15 is 0 Å². The molecule has 114 valence electrons. The molecule has 1 rings (SSSR count). The molecule has 6 nitrogen and oxygen atoms in total. The van der Waals surface area contributed by atoms with Crippen molar-refractivity contribution in [2.75, 3.05) is 7.05 Å². The zero-order valence-electron chi connectivity index (χ0n) is 11.0. The summed E-state index contributed by atoms with van der Waals surface area (Å²) in [5, 5.41) is 4.24. The maximum absolute atomic E-state index is 12.0. The Kier molecular flexibility index (Phi) is 6.26. The lowest BCUT2D eigenvalue weighted by atomic mass is 10.2. The van der Waals surface area contributed by atoms with E-state index in [1.165, 1.54) is 26.1 Å². The van der Waals surface area contributed by atoms with Crippen LogP contribution >= 0.6 is 34.8 Å². The lowest BCUT2D eigenvalue weighted by Gasteiger charge is -2.14. The number of imide groups is 1. The van der Waals surface area contributed by atoms with E-state index < -0.39 is 24.0 Å². The Morgan fingerprint density at radius 3 is 2.29 bits per heavy atom. The first-order valence-corrected chi connectivity index (χ1v) is 6.78. The van der Waals surface area contributed by atoms with E-state index in [0.29, 0.717) is 0 Å². The number of hydrogen-bond donors (Lipinski definition) is 2. The molecule has 0 aromatic heterocycles. The van der Waals surface area contributed by atoms with Crippen LogP contribution in [0.25, 0.3) is 0 Å². The summed E-state index contributed by atoms with van der Waals surface area (Å²) in [6.07, 6.45) is -1.22. The number of ether oxygens (including phenoxy) is 1. The highest BCUT2D eigenvalue weighted by Crippen LogP contribution is 2.32. The Labute approximate surface area is 135 Å². The Balaban J connectivity index is 2.85. The van der Waals surface area contributed by atoms with Gasteiger partial charge in [0.05, 0.1) is 20.6 Å². The van der Waals surface area contributed by atoms with Gasteiger partial charge in [0, 0.05) is 7.05 Å². The Morgan fingerprint density at radius 2 is 1.71 bits per heavy atom. The number of halogens is 3. The predicted molar refractivity (Wildman–Crippen MR) is 78.9 cm³/mol. The van der Waals surface area contributed by atoms with Crippen LogP contribution in [0.4, 0.5) is 4.79 Å². The number of urea groups is 1. The third-order valence-electron chi connectivity index (χ3n) is 2.36. The number of amides is 3. The highest BCUT2D eigenvalue weighted by Gasteiger charge is 2.24. The molecule has 1 atom stereocenters. The fourth-order valence-electron chi connectivity index (χ4n) is 1.26. The fraction of sp³-hybridized carbons (Fsp3) is 0.250. The van der Waals surface area contributed by atoms with Crippen LogP contribution in [0, 0.1) is 0 Å². The maximum Gasteiger partial charge on any atom is 0.342 e. The van der Waals surface area contributed by atoms with Gasteiger partial charge in [0.25, 0.3) is 5.91 Å². The molecule has 0 aliphatic carbocycles. The van der Waals surface area contributed by atoms with Gasteiger partial charge < -0.3 is 10.1 Å². The van der Waals surface area contributed by atoms with Crippen molar-refractivity contribution in [3.05, 3.63) is 32.8 Å². The molecule has 3 amide bonds. The number of benzene rings is 1. The van der Waals surface area contributed by atoms with Gasteiger partial charge >= 0.3 is 12.0 Å². The molecule has 0 saturated heterocycles. The van der Waals surface area contributed by atoms with Gasteiger partial charge in [-0.2, -0.15) is 0 Å². The summed E-state index contributed by atoms with van der Waals surface area (Å²) in [5.41, 5.74) is -0.148. The number of nitrogens with one attached hydrogen (secondary N) is 2. The standard InChI is InChI=1S/C12H11Cl3N2O4/c1-5(10(18)17-12(20)16-2)21-11(19)8-6(13)3-4-7(14)9(8)15/h3-5H,1-2H3,(H2,16,17,18,20)/t5-/m1/s1. The molecule has 0 bridgehead atoms. The molecular weight excluding hydrogens is 343 g/mol. The van der Waals surface area contributed by atoms with Crippen LogP contribution in [-0.2, 0) is 9.53 Å². The highest BCUT2D eigenvalue weighted by atomic mass is 35.5. The van der Waals surface area contributed by atoms with E-state index in [4.69, 9.17) is 39.5 Å². The van der Waals surface area contributed by atoms with Crippen molar-refractivity contribution in [1.82, 2.24) is 10.6 Å². The van der Waals surface area contributed by atoms with E-state index in [0.717, 1.165) is 0 Å². The van der Waals surface area contributed by atoms with Crippen LogP contribution in [0.15, 0.2) is 12.1 Å². The summed E-state index contributed by atoms with van der Waals surface area (Å²) in [6.45, 7) is 1.29. The second kappa shape index (κ2) is 7.49. The number of carbonyl (C=O) groups excluding carboxylic acids is 3. The van der Waals surface area contributed by atoms with Gasteiger partial charge in [-0.1, -0.05) is 34.8 Å². The smallest absolute Gasteiger partial charge is 0.342 e. The van der Waals surface area contributed by atoms with Gasteiger partial charge in [-0.05, 0) is 19.1 Å². The third kappa shape index (κ3) is 4.49. The van der Waals surface area contributed by atoms with Crippen molar-refractivity contribution in [3.63, 3.8) is 0 Å². The molecule has 1 aromatic rings. The van der Waals surface area contributed by atoms with Gasteiger partial charge in [-0.15, -0.1) is 0 Å². The molecule has 0 fully saturated rings. The maximum atomic E-state index is 12.0. The van der Waals surface area contributed by atoms with Gasteiger partial charge in [-0.25, -0.2) is 9.59 Å². The van der Waals surface area contributed by atoms with Crippen molar-refractivity contribution < 1.29 is 19.1 Å². The first-order valence-electron chi connectivity index (χ1n) is 5.65. The summed E-state index contributed by atoms with van der Waals surface area (Å²) >= 11 is 17.5. The molecule has 0 aliphatic heterocycles. The zero-order valence-corrected chi connectivity index (χ0v) is 13.3. The number of rotatable bonds is 3. The quantitative estimate of drug-likeness (QED) is 0.646. The second-order valence-electron chi connectivity index (χ2n) is 3.83. The van der Waals surface area contributed by atoms with Crippen LogP contribution in [0.1, 0.15) is 17.3 Å². The van der Waals surface area contributed by atoms with Gasteiger partial charge in [0.2, 0.25) is 0 Å². The number of esters is 1. The molecule has 1 aromatic carbocycles. The number of hydrogen-bond acceptors (Lipinski definition) is 4. The molecule has 0 unspecified atom stereocenters. The molecule has 0 heterocycles. The summed E-state index contributed by atoms with van der Waals surface area (Å²) in [7, 11) is 1.34. The van der Waals surface area contributed by atoms with E-state index in [2.05, 4.69) is 5.32 Å². The van der Waals surface area contributed by atoms with Crippen LogP contribution in [0.5, 0.6) is 0 Å². The molecule has 9 heteroatoms. The average molecular weight is 354 g/mol. The lowest BCUT2D eigenvalue weighted by Crippen LogP contribution is -2.43. The molecule has 0 radical (unpaired) electrons. The normalized spacial score (nSPS) is 11.5. The Morgan fingerprint density at radius 1 is 1.14 bits per heavy atom. The summed E-state index contributed by atoms with van der Waals surface area (Å²) in [4.78, 5) is 34.5. The molecule has 2 N–H and O–H groups in total. The van der Waals surface area contributed by atoms with Crippen molar-refractivity contribution >= 4 is 52.7 Å². The van der Waals surface area contributed by atoms with E-state index in [9.17, 15) is 14.4 Å². The molecule has 0 spiro atoms. The Hall–Kier alpha value is -1.50. The SMILES string of the molecule is CNC(=O)NC(=O)[C@@H](C)OC(=O)c1c(Cl)ccc(Cl)c1Cl. The number of carbonyl (C=O) groups is 3. The van der Waals surface area contributed by atoms with E-state index in [1.807, 2.05) is 5.32 Å². The second-order valence-corrected chi connectivity index (χ2v) is 5.03. The van der Waals surface area contributed by atoms with Crippen molar-refractivity contribution in [2.45, 2.75) is 13.0 Å². The lowest BCUT2D eigenvalue weighted by molar-refractivity contribution is -0.127. The largest absolute Gasteiger partial charge is 0.449 e. The highest BCUT2D eigenvalue weighted by molar-refractivity contribution is 6.46. The monoisotopic (exact) mass is 352 g/mol. The van der Waals surface area contributed by atoms with Crippen molar-refractivity contribution in [3.8, 4) is 0 Å². The van der Waals surface area contributed by atoms with Crippen molar-refractivity contribution in [1.29, 1.82) is 0 Å². The molecule has 21 heavy (non-hydrogen) atoms. The van der Waals surface area contributed by atoms with Gasteiger partial charge in [-0.3, -0.25) is 10.1 Å². The van der Waals surface area contributed by atoms with Crippen LogP contribution in [-0.4, -0.2) is 31.1 Å². The first kappa shape index (κ1) is 17.6. The molecule has 0 aliphatic rings. The molecule has 0 saturated carbocycles. The first-order chi connectivity index (χ1) is 9.77. The summed E-state index contributed by atoms with van der Waals surface area (Å²) in [6, 6.07) is 2.08. The van der Waals surface area contributed by atoms with Crippen LogP contribution < -0.4 is 10.6 Å². The molecular formula is C12H11Cl3N2O4. The minimum atomic E-state index is -1.22. The fourth-order valence-corrected chi connectivity index (χ4v) is 1.95. The minimum absolute atomic E-state index is 0.0355. The topological polar surface area (TPSA) is 84.5 Å². The van der Waals surface area contributed by atoms with E-state index in [1.54, 1.807) is 0 Å². The minimum Gasteiger partial charge on any atom is -0.449 e.